The van der Waals surface area contributed by atoms with Gasteiger partial charge in [0.25, 0.3) is 0 Å². The lowest BCUT2D eigenvalue weighted by Crippen LogP contribution is -2.19. The number of rotatable bonds is 3. The second kappa shape index (κ2) is 9.31. The zero-order valence-corrected chi connectivity index (χ0v) is 19.5. The van der Waals surface area contributed by atoms with E-state index in [1.807, 2.05) is 47.8 Å². The number of hydrogen-bond acceptors (Lipinski definition) is 6. The smallest absolute Gasteiger partial charge is 0.181 e. The van der Waals surface area contributed by atoms with Gasteiger partial charge in [-0.05, 0) is 44.2 Å². The van der Waals surface area contributed by atoms with Crippen molar-refractivity contribution in [2.45, 2.75) is 45.6 Å². The van der Waals surface area contributed by atoms with E-state index in [0.29, 0.717) is 6.61 Å². The lowest BCUT2D eigenvalue weighted by molar-refractivity contribution is 0.0961. The Labute approximate surface area is 194 Å². The van der Waals surface area contributed by atoms with E-state index in [1.165, 1.54) is 12.1 Å². The van der Waals surface area contributed by atoms with Crippen LogP contribution in [0.5, 0.6) is 0 Å². The summed E-state index contributed by atoms with van der Waals surface area (Å²) >= 11 is 0. The third-order valence-electron chi connectivity index (χ3n) is 6.37. The largest absolute Gasteiger partial charge is 0.370 e. The first-order valence-electron chi connectivity index (χ1n) is 11.7. The van der Waals surface area contributed by atoms with Gasteiger partial charge >= 0.3 is 0 Å². The number of aromatic amines is 1. The number of aromatic nitrogens is 6. The molecule has 1 N–H and O–H groups in total. The molecule has 5 heterocycles. The minimum absolute atomic E-state index is 0.0894. The van der Waals surface area contributed by atoms with Crippen molar-refractivity contribution in [2.24, 2.45) is 5.92 Å². The molecule has 4 aromatic rings. The molecule has 3 aromatic heterocycles. The standard InChI is InChI=1S/C19H25N7O.C6H6/c1-11-4-6-25(9-11)14-8-12(2)19-21-18(24-26(19)10-14)16-15(5-7-27-16)17-20-13(3)22-23-17;1-2-4-6-5-3-1/h8,10-11,15-16H,4-7,9H2,1-3H3,(H,20,22,23);1-6H. The summed E-state index contributed by atoms with van der Waals surface area (Å²) in [4.78, 5) is 11.7. The lowest BCUT2D eigenvalue weighted by Gasteiger charge is -2.18. The third kappa shape index (κ3) is 4.61. The van der Waals surface area contributed by atoms with E-state index < -0.39 is 0 Å². The first-order chi connectivity index (χ1) is 16.1. The molecule has 0 radical (unpaired) electrons. The lowest BCUT2D eigenvalue weighted by atomic mass is 10.0. The molecule has 0 aliphatic carbocycles. The van der Waals surface area contributed by atoms with Gasteiger partial charge in [-0.25, -0.2) is 14.5 Å². The van der Waals surface area contributed by atoms with Crippen LogP contribution in [0.15, 0.2) is 48.7 Å². The highest BCUT2D eigenvalue weighted by molar-refractivity contribution is 5.57. The molecular weight excluding hydrogens is 414 g/mol. The average Bonchev–Trinajstić information content (AvgIpc) is 3.61. The number of ether oxygens (including phenoxy) is 1. The summed E-state index contributed by atoms with van der Waals surface area (Å²) in [6.07, 6.45) is 4.02. The molecule has 0 bridgehead atoms. The number of pyridine rings is 1. The number of nitrogens with one attached hydrogen (secondary N) is 1. The molecule has 8 heteroatoms. The van der Waals surface area contributed by atoms with E-state index in [4.69, 9.17) is 14.8 Å². The molecule has 6 rings (SSSR count). The molecule has 2 aliphatic rings. The Morgan fingerprint density at radius 3 is 2.39 bits per heavy atom. The summed E-state index contributed by atoms with van der Waals surface area (Å²) in [5.74, 6) is 3.16. The van der Waals surface area contributed by atoms with Crippen molar-refractivity contribution in [3.8, 4) is 0 Å². The van der Waals surface area contributed by atoms with Gasteiger partial charge in [0.05, 0.1) is 17.8 Å². The number of nitrogens with zero attached hydrogens (tertiary/aromatic N) is 6. The zero-order valence-electron chi connectivity index (χ0n) is 19.5. The van der Waals surface area contributed by atoms with Gasteiger partial charge in [-0.15, -0.1) is 5.10 Å². The Kier molecular flexibility index (Phi) is 6.09. The van der Waals surface area contributed by atoms with Gasteiger partial charge in [0, 0.05) is 19.7 Å². The van der Waals surface area contributed by atoms with Crippen LogP contribution in [0, 0.1) is 19.8 Å². The van der Waals surface area contributed by atoms with E-state index >= 15 is 0 Å². The van der Waals surface area contributed by atoms with Crippen LogP contribution in [0.3, 0.4) is 0 Å². The van der Waals surface area contributed by atoms with E-state index in [1.54, 1.807) is 0 Å². The minimum atomic E-state index is -0.199. The molecule has 3 unspecified atom stereocenters. The first-order valence-corrected chi connectivity index (χ1v) is 11.7. The predicted octanol–water partition coefficient (Wildman–Crippen LogP) is 4.24. The average molecular weight is 446 g/mol. The minimum Gasteiger partial charge on any atom is -0.370 e. The number of anilines is 1. The Bertz CT molecular complexity index is 1180. The molecule has 2 fully saturated rings. The fraction of sp³-hybridized carbons (Fsp3) is 0.440. The fourth-order valence-electron chi connectivity index (χ4n) is 4.63. The molecular formula is C25H31N7O. The van der Waals surface area contributed by atoms with Gasteiger partial charge < -0.3 is 9.64 Å². The van der Waals surface area contributed by atoms with Crippen molar-refractivity contribution in [2.75, 3.05) is 24.6 Å². The predicted molar refractivity (Wildman–Crippen MR) is 127 cm³/mol. The third-order valence-corrected chi connectivity index (χ3v) is 6.37. The number of hydrogen-bond donors (Lipinski definition) is 1. The molecule has 33 heavy (non-hydrogen) atoms. The molecule has 8 nitrogen and oxygen atoms in total. The molecule has 0 saturated carbocycles. The van der Waals surface area contributed by atoms with Crippen molar-refractivity contribution < 1.29 is 4.74 Å². The monoisotopic (exact) mass is 445 g/mol. The Hall–Kier alpha value is -3.26. The van der Waals surface area contributed by atoms with Gasteiger partial charge in [0.2, 0.25) is 0 Å². The van der Waals surface area contributed by atoms with Gasteiger partial charge in [0.1, 0.15) is 11.9 Å². The zero-order chi connectivity index (χ0) is 22.8. The van der Waals surface area contributed by atoms with Crippen LogP contribution in [0.1, 0.15) is 54.8 Å². The van der Waals surface area contributed by atoms with Gasteiger partial charge in [-0.1, -0.05) is 43.3 Å². The summed E-state index contributed by atoms with van der Waals surface area (Å²) in [5, 5.41) is 12.0. The summed E-state index contributed by atoms with van der Waals surface area (Å²) in [7, 11) is 0. The normalized spacial score (nSPS) is 22.5. The molecule has 172 valence electrons. The number of H-pyrrole nitrogens is 1. The van der Waals surface area contributed by atoms with Crippen LogP contribution in [0.4, 0.5) is 5.69 Å². The van der Waals surface area contributed by atoms with Crippen molar-refractivity contribution in [3.63, 3.8) is 0 Å². The SMILES string of the molecule is Cc1nc(C2CCOC2c2nc3c(C)cc(N4CCC(C)C4)cn3n2)n[nH]1.c1ccccc1. The number of benzene rings is 1. The highest BCUT2D eigenvalue weighted by Crippen LogP contribution is 2.39. The van der Waals surface area contributed by atoms with Gasteiger partial charge in [-0.2, -0.15) is 5.10 Å². The Morgan fingerprint density at radius 2 is 1.76 bits per heavy atom. The van der Waals surface area contributed by atoms with E-state index in [2.05, 4.69) is 46.2 Å². The van der Waals surface area contributed by atoms with Crippen LogP contribution >= 0.6 is 0 Å². The molecule has 3 atom stereocenters. The van der Waals surface area contributed by atoms with Crippen molar-refractivity contribution in [1.29, 1.82) is 0 Å². The summed E-state index contributed by atoms with van der Waals surface area (Å²) < 4.78 is 7.89. The number of aryl methyl sites for hydroxylation is 2. The van der Waals surface area contributed by atoms with Crippen molar-refractivity contribution in [1.82, 2.24) is 29.8 Å². The summed E-state index contributed by atoms with van der Waals surface area (Å²) in [6.45, 7) is 9.20. The highest BCUT2D eigenvalue weighted by Gasteiger charge is 2.36. The highest BCUT2D eigenvalue weighted by atomic mass is 16.5. The van der Waals surface area contributed by atoms with Crippen LogP contribution in [0.25, 0.3) is 5.65 Å². The van der Waals surface area contributed by atoms with E-state index in [0.717, 1.165) is 54.1 Å². The topological polar surface area (TPSA) is 84.2 Å². The number of fused-ring (bicyclic) bond motifs is 1. The van der Waals surface area contributed by atoms with E-state index in [9.17, 15) is 0 Å². The van der Waals surface area contributed by atoms with Crippen LogP contribution in [-0.4, -0.2) is 49.5 Å². The van der Waals surface area contributed by atoms with Crippen molar-refractivity contribution >= 4 is 11.3 Å². The maximum absolute atomic E-state index is 5.99. The Balaban J connectivity index is 0.000000332. The van der Waals surface area contributed by atoms with Crippen molar-refractivity contribution in [3.05, 3.63) is 71.7 Å². The quantitative estimate of drug-likeness (QED) is 0.508. The second-order valence-corrected chi connectivity index (χ2v) is 9.08. The Morgan fingerprint density at radius 1 is 1.00 bits per heavy atom. The molecule has 1 aromatic carbocycles. The maximum atomic E-state index is 5.99. The van der Waals surface area contributed by atoms with E-state index in [-0.39, 0.29) is 12.0 Å². The molecule has 0 amide bonds. The van der Waals surface area contributed by atoms with Gasteiger partial charge in [-0.3, -0.25) is 5.10 Å². The van der Waals surface area contributed by atoms with Crippen LogP contribution in [0.2, 0.25) is 0 Å². The fourth-order valence-corrected chi connectivity index (χ4v) is 4.63. The first kappa shape index (κ1) is 21.6. The summed E-state index contributed by atoms with van der Waals surface area (Å²) in [6, 6.07) is 14.2. The van der Waals surface area contributed by atoms with Gasteiger partial charge in [0.15, 0.2) is 17.3 Å². The maximum Gasteiger partial charge on any atom is 0.181 e. The molecule has 0 spiro atoms. The van der Waals surface area contributed by atoms with Crippen LogP contribution < -0.4 is 4.90 Å². The summed E-state index contributed by atoms with van der Waals surface area (Å²) in [5.41, 5.74) is 3.24. The molecule has 2 aliphatic heterocycles. The van der Waals surface area contributed by atoms with Crippen LogP contribution in [-0.2, 0) is 4.74 Å². The molecule has 2 saturated heterocycles. The second-order valence-electron chi connectivity index (χ2n) is 9.08.